The van der Waals surface area contributed by atoms with Gasteiger partial charge in [-0.1, -0.05) is 110 Å². The first kappa shape index (κ1) is 25.3. The van der Waals surface area contributed by atoms with Crippen LogP contribution in [-0.4, -0.2) is 9.38 Å². The Morgan fingerprint density at radius 3 is 2.07 bits per heavy atom. The summed E-state index contributed by atoms with van der Waals surface area (Å²) in [7, 11) is 0. The zero-order valence-corrected chi connectivity index (χ0v) is 23.9. The van der Waals surface area contributed by atoms with E-state index in [2.05, 4.69) is 139 Å². The maximum absolute atomic E-state index is 5.18. The molecule has 0 atom stereocenters. The average Bonchev–Trinajstić information content (AvgIpc) is 3.46. The molecule has 2 nitrogen and oxygen atoms in total. The minimum absolute atomic E-state index is 0.980. The Bertz CT molecular complexity index is 2350. The Balaban J connectivity index is 1.32. The first-order valence-electron chi connectivity index (χ1n) is 14.8. The molecule has 204 valence electrons. The van der Waals surface area contributed by atoms with Gasteiger partial charge in [-0.2, -0.15) is 0 Å². The molecule has 1 aliphatic carbocycles. The van der Waals surface area contributed by atoms with Gasteiger partial charge in [0.25, 0.3) is 0 Å². The molecule has 8 rings (SSSR count). The van der Waals surface area contributed by atoms with E-state index in [1.807, 2.05) is 12.2 Å². The van der Waals surface area contributed by atoms with Crippen LogP contribution in [0.15, 0.2) is 128 Å². The molecular formula is C41H30N2. The number of hydrogen-bond donors (Lipinski definition) is 0. The van der Waals surface area contributed by atoms with Crippen LogP contribution < -0.4 is 10.4 Å². The Morgan fingerprint density at radius 1 is 0.651 bits per heavy atom. The largest absolute Gasteiger partial charge is 0.292 e. The van der Waals surface area contributed by atoms with Gasteiger partial charge in [0, 0.05) is 10.8 Å². The summed E-state index contributed by atoms with van der Waals surface area (Å²) in [6.07, 6.45) is 10.3. The van der Waals surface area contributed by atoms with Crippen LogP contribution >= 0.6 is 0 Å². The van der Waals surface area contributed by atoms with Crippen LogP contribution in [0.3, 0.4) is 0 Å². The molecule has 0 amide bonds. The van der Waals surface area contributed by atoms with Crippen molar-refractivity contribution in [3.63, 3.8) is 0 Å². The van der Waals surface area contributed by atoms with Gasteiger partial charge >= 0.3 is 0 Å². The third kappa shape index (κ3) is 4.23. The number of aryl methyl sites for hydroxylation is 1. The lowest BCUT2D eigenvalue weighted by Crippen LogP contribution is -2.22. The van der Waals surface area contributed by atoms with Crippen LogP contribution in [-0.2, 0) is 6.42 Å². The summed E-state index contributed by atoms with van der Waals surface area (Å²) in [5.41, 5.74) is 11.8. The van der Waals surface area contributed by atoms with Crippen LogP contribution in [0.5, 0.6) is 0 Å². The standard InChI is InChI=1S/C41H30N2/c1-3-9-31-24-32(15-14-27(31)2)29-16-18-30(19-17-29)33-20-22-35-36(25-33)37-26-34(28-10-5-4-6-11-28)21-23-39(37)43-40-13-8-7-12-38(40)42-41(35)43/h3-6,8-11,13-26H,1-2,7,12H2/b31-9-. The molecule has 0 spiro atoms. The van der Waals surface area contributed by atoms with E-state index in [1.165, 1.54) is 66.4 Å². The number of pyridine rings is 1. The van der Waals surface area contributed by atoms with E-state index in [1.54, 1.807) is 0 Å². The second-order valence-corrected chi connectivity index (χ2v) is 11.3. The number of rotatable bonds is 4. The summed E-state index contributed by atoms with van der Waals surface area (Å²) in [6.45, 7) is 7.99. The zero-order valence-electron chi connectivity index (χ0n) is 23.9. The highest BCUT2D eigenvalue weighted by molar-refractivity contribution is 6.14. The Hall–Kier alpha value is -5.47. The number of fused-ring (bicyclic) bond motifs is 8. The highest BCUT2D eigenvalue weighted by Crippen LogP contribution is 2.37. The van der Waals surface area contributed by atoms with E-state index in [0.717, 1.165) is 28.9 Å². The number of imidazole rings is 1. The number of hydrogen-bond acceptors (Lipinski definition) is 1. The first-order chi connectivity index (χ1) is 21.2. The number of benzene rings is 5. The van der Waals surface area contributed by atoms with E-state index in [0.29, 0.717) is 0 Å². The fraction of sp³-hybridized carbons (Fsp3) is 0.0488. The van der Waals surface area contributed by atoms with Crippen molar-refractivity contribution in [2.75, 3.05) is 0 Å². The summed E-state index contributed by atoms with van der Waals surface area (Å²) in [5.74, 6) is 0. The minimum atomic E-state index is 0.980. The second-order valence-electron chi connectivity index (χ2n) is 11.3. The predicted molar refractivity (Wildman–Crippen MR) is 183 cm³/mol. The second kappa shape index (κ2) is 10.1. The Labute approximate surface area is 250 Å². The molecule has 0 saturated carbocycles. The highest BCUT2D eigenvalue weighted by atomic mass is 15.0. The van der Waals surface area contributed by atoms with Gasteiger partial charge in [-0.25, -0.2) is 4.98 Å². The summed E-state index contributed by atoms with van der Waals surface area (Å²) in [4.78, 5) is 5.18. The molecule has 5 aromatic carbocycles. The predicted octanol–water partition coefficient (Wildman–Crippen LogP) is 8.98. The molecule has 0 radical (unpaired) electrons. The molecular weight excluding hydrogens is 520 g/mol. The average molecular weight is 551 g/mol. The van der Waals surface area contributed by atoms with Crippen LogP contribution in [0.25, 0.3) is 79.4 Å². The number of allylic oxidation sites excluding steroid dienone is 2. The number of nitrogens with zero attached hydrogens (tertiary/aromatic N) is 2. The molecule has 2 heterocycles. The van der Waals surface area contributed by atoms with Crippen molar-refractivity contribution in [1.29, 1.82) is 0 Å². The molecule has 2 aromatic heterocycles. The van der Waals surface area contributed by atoms with Gasteiger partial charge in [0.15, 0.2) is 0 Å². The first-order valence-corrected chi connectivity index (χ1v) is 14.8. The van der Waals surface area contributed by atoms with E-state index < -0.39 is 0 Å². The monoisotopic (exact) mass is 550 g/mol. The molecule has 0 bridgehead atoms. The van der Waals surface area contributed by atoms with Gasteiger partial charge in [0.05, 0.1) is 16.9 Å². The minimum Gasteiger partial charge on any atom is -0.292 e. The third-order valence-corrected chi connectivity index (χ3v) is 8.70. The van der Waals surface area contributed by atoms with E-state index in [-0.39, 0.29) is 0 Å². The molecule has 0 fully saturated rings. The zero-order chi connectivity index (χ0) is 28.9. The smallest absolute Gasteiger partial charge is 0.145 e. The lowest BCUT2D eigenvalue weighted by molar-refractivity contribution is 0.943. The molecule has 0 saturated heterocycles. The van der Waals surface area contributed by atoms with Crippen LogP contribution in [0.1, 0.15) is 17.8 Å². The highest BCUT2D eigenvalue weighted by Gasteiger charge is 2.19. The van der Waals surface area contributed by atoms with Crippen molar-refractivity contribution in [1.82, 2.24) is 9.38 Å². The Kier molecular flexibility index (Phi) is 5.94. The lowest BCUT2D eigenvalue weighted by Gasteiger charge is -2.14. The van der Waals surface area contributed by atoms with Gasteiger partial charge in [-0.15, -0.1) is 0 Å². The fourth-order valence-electron chi connectivity index (χ4n) is 6.48. The molecule has 1 aliphatic rings. The van der Waals surface area contributed by atoms with Crippen LogP contribution in [0.2, 0.25) is 0 Å². The van der Waals surface area contributed by atoms with E-state index in [9.17, 15) is 0 Å². The molecule has 0 N–H and O–H groups in total. The van der Waals surface area contributed by atoms with Gasteiger partial charge in [-0.3, -0.25) is 4.40 Å². The van der Waals surface area contributed by atoms with Crippen molar-refractivity contribution in [2.24, 2.45) is 0 Å². The summed E-state index contributed by atoms with van der Waals surface area (Å²) >= 11 is 0. The Morgan fingerprint density at radius 2 is 1.30 bits per heavy atom. The van der Waals surface area contributed by atoms with E-state index >= 15 is 0 Å². The summed E-state index contributed by atoms with van der Waals surface area (Å²) in [5, 5.41) is 5.74. The summed E-state index contributed by atoms with van der Waals surface area (Å²) < 4.78 is 2.36. The molecule has 43 heavy (non-hydrogen) atoms. The van der Waals surface area contributed by atoms with Crippen molar-refractivity contribution < 1.29 is 0 Å². The van der Waals surface area contributed by atoms with Crippen molar-refractivity contribution >= 4 is 46.1 Å². The maximum Gasteiger partial charge on any atom is 0.145 e. The van der Waals surface area contributed by atoms with Crippen molar-refractivity contribution in [3.05, 3.63) is 150 Å². The van der Waals surface area contributed by atoms with Crippen LogP contribution in [0.4, 0.5) is 0 Å². The quantitative estimate of drug-likeness (QED) is 0.200. The molecule has 7 aromatic rings. The van der Waals surface area contributed by atoms with E-state index in [4.69, 9.17) is 4.98 Å². The van der Waals surface area contributed by atoms with Gasteiger partial charge in [0.1, 0.15) is 5.65 Å². The topological polar surface area (TPSA) is 17.3 Å². The molecule has 0 aliphatic heterocycles. The lowest BCUT2D eigenvalue weighted by atomic mass is 9.95. The number of aromatic nitrogens is 2. The SMILES string of the molecule is C=C/C=c1/cc(-c2ccc(-c3ccc4c(c3)c3cc(-c5ccccc5)ccc3n3c5c(nc43)CCC=C5)cc2)ccc1=C. The van der Waals surface area contributed by atoms with Gasteiger partial charge in [0.2, 0.25) is 0 Å². The molecule has 0 unspecified atom stereocenters. The van der Waals surface area contributed by atoms with Crippen molar-refractivity contribution in [2.45, 2.75) is 12.8 Å². The van der Waals surface area contributed by atoms with Crippen LogP contribution in [0, 0.1) is 0 Å². The third-order valence-electron chi connectivity index (χ3n) is 8.70. The molecule has 2 heteroatoms. The van der Waals surface area contributed by atoms with Gasteiger partial charge < -0.3 is 0 Å². The maximum atomic E-state index is 5.18. The fourth-order valence-corrected chi connectivity index (χ4v) is 6.48. The summed E-state index contributed by atoms with van der Waals surface area (Å²) in [6, 6.07) is 39.6. The van der Waals surface area contributed by atoms with Crippen molar-refractivity contribution in [3.8, 4) is 33.4 Å². The van der Waals surface area contributed by atoms with Gasteiger partial charge in [-0.05, 0) is 98.5 Å². The normalized spacial score (nSPS) is 13.2.